The Kier molecular flexibility index (Phi) is 8.07. The highest BCUT2D eigenvalue weighted by Gasteiger charge is 2.15. The van der Waals surface area contributed by atoms with E-state index >= 15 is 0 Å². The number of carbonyl (C=O) groups excluding carboxylic acids is 4. The van der Waals surface area contributed by atoms with Crippen LogP contribution in [-0.2, 0) is 28.5 Å². The van der Waals surface area contributed by atoms with Crippen molar-refractivity contribution < 1.29 is 38.1 Å². The van der Waals surface area contributed by atoms with E-state index in [2.05, 4.69) is 14.8 Å². The second-order valence-corrected chi connectivity index (χ2v) is 4.63. The largest absolute Gasteiger partial charge is 0.465 e. The van der Waals surface area contributed by atoms with Crippen molar-refractivity contribution in [3.8, 4) is 0 Å². The van der Waals surface area contributed by atoms with Crippen LogP contribution in [0.4, 0.5) is 5.69 Å². The van der Waals surface area contributed by atoms with Gasteiger partial charge in [-0.25, -0.2) is 14.4 Å². The van der Waals surface area contributed by atoms with Crippen LogP contribution in [-0.4, -0.2) is 57.9 Å². The van der Waals surface area contributed by atoms with Gasteiger partial charge in [-0.05, 0) is 25.1 Å². The average molecular weight is 353 g/mol. The van der Waals surface area contributed by atoms with Gasteiger partial charge in [-0.3, -0.25) is 4.79 Å². The van der Waals surface area contributed by atoms with Gasteiger partial charge >= 0.3 is 17.9 Å². The minimum atomic E-state index is -0.690. The van der Waals surface area contributed by atoms with Crippen molar-refractivity contribution in [3.05, 3.63) is 29.3 Å². The van der Waals surface area contributed by atoms with Crippen LogP contribution in [0.3, 0.4) is 0 Å². The van der Waals surface area contributed by atoms with Gasteiger partial charge in [0, 0.05) is 12.3 Å². The Morgan fingerprint density at radius 2 is 1.48 bits per heavy atom. The van der Waals surface area contributed by atoms with E-state index in [0.717, 1.165) is 0 Å². The molecule has 0 heterocycles. The predicted molar refractivity (Wildman–Crippen MR) is 85.2 cm³/mol. The SMILES string of the molecule is CCOCC(=O)OCC(=O)Nc1cc(C(=O)OC)cc(C(=O)OC)c1. The van der Waals surface area contributed by atoms with Gasteiger partial charge in [-0.15, -0.1) is 0 Å². The van der Waals surface area contributed by atoms with Gasteiger partial charge < -0.3 is 24.3 Å². The van der Waals surface area contributed by atoms with Crippen LogP contribution in [0.2, 0.25) is 0 Å². The molecule has 0 saturated carbocycles. The molecule has 25 heavy (non-hydrogen) atoms. The average Bonchev–Trinajstić information content (AvgIpc) is 2.62. The van der Waals surface area contributed by atoms with E-state index < -0.39 is 30.4 Å². The normalized spacial score (nSPS) is 9.88. The quantitative estimate of drug-likeness (QED) is 0.538. The zero-order valence-electron chi connectivity index (χ0n) is 14.1. The molecule has 0 aliphatic rings. The Labute approximate surface area is 144 Å². The lowest BCUT2D eigenvalue weighted by atomic mass is 10.1. The summed E-state index contributed by atoms with van der Waals surface area (Å²) in [5.41, 5.74) is 0.247. The summed E-state index contributed by atoms with van der Waals surface area (Å²) < 4.78 is 18.8. The van der Waals surface area contributed by atoms with E-state index in [0.29, 0.717) is 6.61 Å². The maximum atomic E-state index is 11.8. The summed E-state index contributed by atoms with van der Waals surface area (Å²) in [6, 6.07) is 3.91. The van der Waals surface area contributed by atoms with Crippen LogP contribution in [0.5, 0.6) is 0 Å². The van der Waals surface area contributed by atoms with Gasteiger partial charge in [0.05, 0.1) is 25.3 Å². The number of nitrogens with one attached hydrogen (secondary N) is 1. The molecule has 0 atom stereocenters. The molecule has 0 radical (unpaired) electrons. The number of benzene rings is 1. The third-order valence-electron chi connectivity index (χ3n) is 2.85. The fourth-order valence-electron chi connectivity index (χ4n) is 1.74. The van der Waals surface area contributed by atoms with Crippen LogP contribution < -0.4 is 5.32 Å². The van der Waals surface area contributed by atoms with E-state index in [1.807, 2.05) is 0 Å². The summed E-state index contributed by atoms with van der Waals surface area (Å²) in [4.78, 5) is 46.4. The molecule has 136 valence electrons. The summed E-state index contributed by atoms with van der Waals surface area (Å²) in [7, 11) is 2.37. The van der Waals surface area contributed by atoms with Gasteiger partial charge in [0.2, 0.25) is 0 Å². The van der Waals surface area contributed by atoms with Crippen LogP contribution in [0, 0.1) is 0 Å². The zero-order valence-corrected chi connectivity index (χ0v) is 14.1. The molecule has 0 fully saturated rings. The van der Waals surface area contributed by atoms with E-state index in [1.165, 1.54) is 32.4 Å². The first-order valence-corrected chi connectivity index (χ1v) is 7.26. The summed E-state index contributed by atoms with van der Waals surface area (Å²) in [6.45, 7) is 1.26. The molecule has 1 aromatic rings. The monoisotopic (exact) mass is 353 g/mol. The van der Waals surface area contributed by atoms with Crippen molar-refractivity contribution in [1.82, 2.24) is 0 Å². The van der Waals surface area contributed by atoms with Crippen molar-refractivity contribution in [2.45, 2.75) is 6.92 Å². The molecule has 0 aliphatic carbocycles. The number of hydrogen-bond acceptors (Lipinski definition) is 8. The van der Waals surface area contributed by atoms with Crippen LogP contribution >= 0.6 is 0 Å². The van der Waals surface area contributed by atoms with Crippen LogP contribution in [0.15, 0.2) is 18.2 Å². The number of amides is 1. The molecule has 0 aromatic heterocycles. The van der Waals surface area contributed by atoms with Gasteiger partial charge in [-0.2, -0.15) is 0 Å². The number of ether oxygens (including phenoxy) is 4. The standard InChI is InChI=1S/C16H19NO8/c1-4-24-9-14(19)25-8-13(18)17-12-6-10(15(20)22-2)5-11(7-12)16(21)23-3/h5-7H,4,8-9H2,1-3H3,(H,17,18). The Morgan fingerprint density at radius 1 is 0.920 bits per heavy atom. The third kappa shape index (κ3) is 6.60. The van der Waals surface area contributed by atoms with Crippen molar-refractivity contribution >= 4 is 29.5 Å². The van der Waals surface area contributed by atoms with E-state index in [9.17, 15) is 19.2 Å². The topological polar surface area (TPSA) is 117 Å². The third-order valence-corrected chi connectivity index (χ3v) is 2.85. The van der Waals surface area contributed by atoms with Gasteiger partial charge in [0.1, 0.15) is 6.61 Å². The highest BCUT2D eigenvalue weighted by molar-refractivity contribution is 5.99. The molecule has 0 spiro atoms. The molecule has 1 rings (SSSR count). The summed E-state index contributed by atoms with van der Waals surface area (Å²) in [5.74, 6) is -2.72. The van der Waals surface area contributed by atoms with Crippen LogP contribution in [0.25, 0.3) is 0 Å². The lowest BCUT2D eigenvalue weighted by molar-refractivity contribution is -0.151. The van der Waals surface area contributed by atoms with Gasteiger partial charge in [0.15, 0.2) is 6.61 Å². The molecule has 0 aliphatic heterocycles. The maximum absolute atomic E-state index is 11.8. The smallest absolute Gasteiger partial charge is 0.337 e. The molecule has 1 N–H and O–H groups in total. The molecule has 0 saturated heterocycles. The Balaban J connectivity index is 2.82. The number of anilines is 1. The molecule has 9 heteroatoms. The van der Waals surface area contributed by atoms with Crippen molar-refractivity contribution in [2.75, 3.05) is 39.4 Å². The molecule has 1 aromatic carbocycles. The van der Waals surface area contributed by atoms with Crippen molar-refractivity contribution in [3.63, 3.8) is 0 Å². The van der Waals surface area contributed by atoms with Crippen molar-refractivity contribution in [1.29, 1.82) is 0 Å². The van der Waals surface area contributed by atoms with E-state index in [-0.39, 0.29) is 23.4 Å². The summed E-state index contributed by atoms with van der Waals surface area (Å²) >= 11 is 0. The number of carbonyl (C=O) groups is 4. The molecular weight excluding hydrogens is 334 g/mol. The van der Waals surface area contributed by atoms with E-state index in [4.69, 9.17) is 9.47 Å². The Hall–Kier alpha value is -2.94. The first kappa shape index (κ1) is 20.1. The molecule has 1 amide bonds. The van der Waals surface area contributed by atoms with Crippen LogP contribution in [0.1, 0.15) is 27.6 Å². The second kappa shape index (κ2) is 10.0. The maximum Gasteiger partial charge on any atom is 0.337 e. The lowest BCUT2D eigenvalue weighted by Crippen LogP contribution is -2.23. The molecule has 0 unspecified atom stereocenters. The first-order chi connectivity index (χ1) is 11.9. The van der Waals surface area contributed by atoms with Gasteiger partial charge in [0.25, 0.3) is 5.91 Å². The number of rotatable bonds is 8. The first-order valence-electron chi connectivity index (χ1n) is 7.26. The molecular formula is C16H19NO8. The van der Waals surface area contributed by atoms with E-state index in [1.54, 1.807) is 6.92 Å². The Morgan fingerprint density at radius 3 is 1.96 bits per heavy atom. The zero-order chi connectivity index (χ0) is 18.8. The number of hydrogen-bond donors (Lipinski definition) is 1. The second-order valence-electron chi connectivity index (χ2n) is 4.63. The fourth-order valence-corrected chi connectivity index (χ4v) is 1.74. The Bertz CT molecular complexity index is 621. The number of esters is 3. The molecule has 9 nitrogen and oxygen atoms in total. The summed E-state index contributed by atoms with van der Waals surface area (Å²) in [6.07, 6.45) is 0. The van der Waals surface area contributed by atoms with Gasteiger partial charge in [-0.1, -0.05) is 0 Å². The molecule has 0 bridgehead atoms. The minimum absolute atomic E-state index is 0.0500. The minimum Gasteiger partial charge on any atom is -0.465 e. The predicted octanol–water partition coefficient (Wildman–Crippen LogP) is 0.778. The fraction of sp³-hybridized carbons (Fsp3) is 0.375. The number of methoxy groups -OCH3 is 2. The highest BCUT2D eigenvalue weighted by atomic mass is 16.6. The van der Waals surface area contributed by atoms with Crippen molar-refractivity contribution in [2.24, 2.45) is 0 Å². The lowest BCUT2D eigenvalue weighted by Gasteiger charge is -2.10. The highest BCUT2D eigenvalue weighted by Crippen LogP contribution is 2.17. The summed E-state index contributed by atoms with van der Waals surface area (Å²) in [5, 5.41) is 2.42.